The van der Waals surface area contributed by atoms with Gasteiger partial charge in [-0.05, 0) is 12.0 Å². The molecule has 0 aliphatic rings. The summed E-state index contributed by atoms with van der Waals surface area (Å²) in [5.41, 5.74) is 0.649. The summed E-state index contributed by atoms with van der Waals surface area (Å²) in [5.74, 6) is -0.782. The van der Waals surface area contributed by atoms with Crippen molar-refractivity contribution >= 4 is 12.1 Å². The van der Waals surface area contributed by atoms with E-state index in [2.05, 4.69) is 10.3 Å². The van der Waals surface area contributed by atoms with Crippen LogP contribution >= 0.6 is 0 Å². The van der Waals surface area contributed by atoms with Crippen molar-refractivity contribution in [2.75, 3.05) is 7.11 Å². The van der Waals surface area contributed by atoms with Gasteiger partial charge in [0.25, 0.3) is 0 Å². The normalized spacial score (nSPS) is 11.8. The first-order chi connectivity index (χ1) is 9.43. The highest BCUT2D eigenvalue weighted by Gasteiger charge is 2.23. The fourth-order valence-electron chi connectivity index (χ4n) is 1.49. The van der Waals surface area contributed by atoms with Gasteiger partial charge in [-0.3, -0.25) is 4.98 Å². The number of carboxylic acids is 1. The number of rotatable bonds is 6. The summed E-state index contributed by atoms with van der Waals surface area (Å²) in [6, 6.07) is 0.697. The standard InChI is InChI=1S/C13H18N2O5/c1-8(2)11(12(16)17)15-13(18)20-7-9-4-10(19-3)6-14-5-9/h4-6,8,11H,7H2,1-3H3,(H,15,18)(H,16,17)/t11-/m0/s1. The molecule has 1 amide bonds. The van der Waals surface area contributed by atoms with E-state index in [0.29, 0.717) is 11.3 Å². The lowest BCUT2D eigenvalue weighted by atomic mass is 10.1. The van der Waals surface area contributed by atoms with Crippen LogP contribution in [0.1, 0.15) is 19.4 Å². The van der Waals surface area contributed by atoms with Gasteiger partial charge in [0.2, 0.25) is 0 Å². The Kier molecular flexibility index (Phi) is 5.76. The summed E-state index contributed by atoms with van der Waals surface area (Å²) in [5, 5.41) is 11.3. The second-order valence-corrected chi connectivity index (χ2v) is 4.51. The van der Waals surface area contributed by atoms with Crippen LogP contribution in [0.2, 0.25) is 0 Å². The molecule has 7 nitrogen and oxygen atoms in total. The molecule has 2 N–H and O–H groups in total. The molecule has 110 valence electrons. The van der Waals surface area contributed by atoms with Crippen molar-refractivity contribution in [1.82, 2.24) is 10.3 Å². The van der Waals surface area contributed by atoms with Gasteiger partial charge < -0.3 is 19.9 Å². The molecule has 7 heteroatoms. The second kappa shape index (κ2) is 7.32. The maximum Gasteiger partial charge on any atom is 0.408 e. The third-order valence-corrected chi connectivity index (χ3v) is 2.58. The number of carbonyl (C=O) groups excluding carboxylic acids is 1. The van der Waals surface area contributed by atoms with Crippen LogP contribution in [0.25, 0.3) is 0 Å². The van der Waals surface area contributed by atoms with Crippen molar-refractivity contribution in [3.63, 3.8) is 0 Å². The van der Waals surface area contributed by atoms with E-state index in [1.54, 1.807) is 19.9 Å². The quantitative estimate of drug-likeness (QED) is 0.819. The second-order valence-electron chi connectivity index (χ2n) is 4.51. The van der Waals surface area contributed by atoms with Crippen LogP contribution in [0.5, 0.6) is 5.75 Å². The predicted molar refractivity (Wildman–Crippen MR) is 70.4 cm³/mol. The molecule has 0 unspecified atom stereocenters. The first kappa shape index (κ1) is 15.7. The molecular formula is C13H18N2O5. The van der Waals surface area contributed by atoms with Crippen LogP contribution in [-0.2, 0) is 16.1 Å². The number of carbonyl (C=O) groups is 2. The van der Waals surface area contributed by atoms with Gasteiger partial charge in [0.15, 0.2) is 0 Å². The van der Waals surface area contributed by atoms with Crippen LogP contribution in [0.3, 0.4) is 0 Å². The first-order valence-electron chi connectivity index (χ1n) is 6.08. The van der Waals surface area contributed by atoms with Crippen LogP contribution in [-0.4, -0.2) is 35.3 Å². The van der Waals surface area contributed by atoms with E-state index in [0.717, 1.165) is 0 Å². The molecule has 1 aromatic rings. The van der Waals surface area contributed by atoms with Gasteiger partial charge in [0, 0.05) is 11.8 Å². The van der Waals surface area contributed by atoms with Crippen molar-refractivity contribution in [2.24, 2.45) is 5.92 Å². The predicted octanol–water partition coefficient (Wildman–Crippen LogP) is 1.43. The van der Waals surface area contributed by atoms with Crippen molar-refractivity contribution in [3.8, 4) is 5.75 Å². The molecule has 20 heavy (non-hydrogen) atoms. The van der Waals surface area contributed by atoms with Gasteiger partial charge in [-0.25, -0.2) is 9.59 Å². The highest BCUT2D eigenvalue weighted by atomic mass is 16.5. The Labute approximate surface area is 116 Å². The zero-order valence-electron chi connectivity index (χ0n) is 11.6. The average Bonchev–Trinajstić information content (AvgIpc) is 2.42. The third kappa shape index (κ3) is 4.75. The topological polar surface area (TPSA) is 97.8 Å². The van der Waals surface area contributed by atoms with E-state index in [9.17, 15) is 9.59 Å². The zero-order chi connectivity index (χ0) is 15.1. The molecule has 0 fully saturated rings. The van der Waals surface area contributed by atoms with E-state index >= 15 is 0 Å². The van der Waals surface area contributed by atoms with Gasteiger partial charge in [0.05, 0.1) is 13.3 Å². The van der Waals surface area contributed by atoms with Crippen molar-refractivity contribution < 1.29 is 24.2 Å². The Balaban J connectivity index is 2.52. The van der Waals surface area contributed by atoms with Crippen molar-refractivity contribution in [3.05, 3.63) is 24.0 Å². The van der Waals surface area contributed by atoms with Gasteiger partial charge in [-0.15, -0.1) is 0 Å². The number of amides is 1. The highest BCUT2D eigenvalue weighted by molar-refractivity contribution is 5.80. The number of alkyl carbamates (subject to hydrolysis) is 1. The van der Waals surface area contributed by atoms with Gasteiger partial charge in [-0.2, -0.15) is 0 Å². The minimum absolute atomic E-state index is 0.0134. The maximum absolute atomic E-state index is 11.5. The molecule has 1 heterocycles. The number of hydrogen-bond acceptors (Lipinski definition) is 5. The molecule has 0 aliphatic heterocycles. The van der Waals surface area contributed by atoms with Crippen molar-refractivity contribution in [2.45, 2.75) is 26.5 Å². The Hall–Kier alpha value is -2.31. The summed E-state index contributed by atoms with van der Waals surface area (Å²) >= 11 is 0. The van der Waals surface area contributed by atoms with E-state index < -0.39 is 18.1 Å². The largest absolute Gasteiger partial charge is 0.495 e. The van der Waals surface area contributed by atoms with Crippen molar-refractivity contribution in [1.29, 1.82) is 0 Å². The zero-order valence-corrected chi connectivity index (χ0v) is 11.6. The van der Waals surface area contributed by atoms with E-state index in [4.69, 9.17) is 14.6 Å². The molecule has 0 spiro atoms. The molecule has 0 aliphatic carbocycles. The third-order valence-electron chi connectivity index (χ3n) is 2.58. The minimum atomic E-state index is -1.10. The molecule has 0 saturated heterocycles. The Morgan fingerprint density at radius 2 is 2.10 bits per heavy atom. The van der Waals surface area contributed by atoms with Gasteiger partial charge >= 0.3 is 12.1 Å². The number of pyridine rings is 1. The molecule has 0 saturated carbocycles. The Morgan fingerprint density at radius 3 is 2.65 bits per heavy atom. The van der Waals surface area contributed by atoms with E-state index in [-0.39, 0.29) is 12.5 Å². The number of nitrogens with zero attached hydrogens (tertiary/aromatic N) is 1. The fraction of sp³-hybridized carbons (Fsp3) is 0.462. The van der Waals surface area contributed by atoms with E-state index in [1.807, 2.05) is 0 Å². The van der Waals surface area contributed by atoms with Gasteiger partial charge in [-0.1, -0.05) is 13.8 Å². The summed E-state index contributed by atoms with van der Waals surface area (Å²) in [6.45, 7) is 3.39. The molecule has 1 atom stereocenters. The Bertz CT molecular complexity index is 476. The molecule has 1 rings (SSSR count). The number of carboxylic acid groups (broad SMARTS) is 1. The van der Waals surface area contributed by atoms with Crippen LogP contribution < -0.4 is 10.1 Å². The lowest BCUT2D eigenvalue weighted by Gasteiger charge is -2.17. The molecular weight excluding hydrogens is 264 g/mol. The first-order valence-corrected chi connectivity index (χ1v) is 6.08. The van der Waals surface area contributed by atoms with Crippen LogP contribution in [0, 0.1) is 5.92 Å². The molecule has 1 aromatic heterocycles. The number of aliphatic carboxylic acids is 1. The number of aromatic nitrogens is 1. The maximum atomic E-state index is 11.5. The van der Waals surface area contributed by atoms with Crippen LogP contribution in [0.15, 0.2) is 18.5 Å². The fourth-order valence-corrected chi connectivity index (χ4v) is 1.49. The molecule has 0 radical (unpaired) electrons. The number of nitrogens with one attached hydrogen (secondary N) is 1. The number of hydrogen-bond donors (Lipinski definition) is 2. The Morgan fingerprint density at radius 1 is 1.40 bits per heavy atom. The number of methoxy groups -OCH3 is 1. The molecule has 0 aromatic carbocycles. The summed E-state index contributed by atoms with van der Waals surface area (Å²) in [4.78, 5) is 26.4. The highest BCUT2D eigenvalue weighted by Crippen LogP contribution is 2.11. The number of ether oxygens (including phenoxy) is 2. The SMILES string of the molecule is COc1cncc(COC(=O)N[C@H](C(=O)O)C(C)C)c1. The monoisotopic (exact) mass is 282 g/mol. The summed E-state index contributed by atoms with van der Waals surface area (Å²) in [7, 11) is 1.51. The average molecular weight is 282 g/mol. The van der Waals surface area contributed by atoms with Gasteiger partial charge in [0.1, 0.15) is 18.4 Å². The lowest BCUT2D eigenvalue weighted by molar-refractivity contribution is -0.140. The lowest BCUT2D eigenvalue weighted by Crippen LogP contribution is -2.44. The van der Waals surface area contributed by atoms with E-state index in [1.165, 1.54) is 19.5 Å². The smallest absolute Gasteiger partial charge is 0.408 e. The summed E-state index contributed by atoms with van der Waals surface area (Å²) < 4.78 is 9.94. The van der Waals surface area contributed by atoms with Crippen LogP contribution in [0.4, 0.5) is 4.79 Å². The molecule has 0 bridgehead atoms. The summed E-state index contributed by atoms with van der Waals surface area (Å²) in [6.07, 6.45) is 2.28. The minimum Gasteiger partial charge on any atom is -0.495 e.